The van der Waals surface area contributed by atoms with E-state index in [1.165, 1.54) is 39.8 Å². The number of rotatable bonds is 5. The Morgan fingerprint density at radius 3 is 2.63 bits per heavy atom. The van der Waals surface area contributed by atoms with E-state index in [-0.39, 0.29) is 24.1 Å². The SMILES string of the molecule is CCc1cccc(C)c1NC(=O)CN1C(=O)[C@]2(SCC(=O)N2c2cccc(F)c2)c2ccccc21. The van der Waals surface area contributed by atoms with Crippen LogP contribution < -0.4 is 15.1 Å². The van der Waals surface area contributed by atoms with E-state index in [4.69, 9.17) is 0 Å². The average Bonchev–Trinajstić information content (AvgIpc) is 3.31. The number of nitrogens with one attached hydrogen (secondary N) is 1. The van der Waals surface area contributed by atoms with E-state index in [9.17, 15) is 18.8 Å². The summed E-state index contributed by atoms with van der Waals surface area (Å²) < 4.78 is 14.1. The lowest BCUT2D eigenvalue weighted by molar-refractivity contribution is -0.124. The first-order valence-electron chi connectivity index (χ1n) is 11.4. The van der Waals surface area contributed by atoms with Crippen LogP contribution in [-0.2, 0) is 25.7 Å². The number of nitrogens with zero attached hydrogens (tertiary/aromatic N) is 2. The molecule has 6 nitrogen and oxygen atoms in total. The molecule has 3 amide bonds. The van der Waals surface area contributed by atoms with E-state index in [1.54, 1.807) is 30.3 Å². The maximum Gasteiger partial charge on any atom is 0.269 e. The first-order valence-corrected chi connectivity index (χ1v) is 12.4. The number of fused-ring (bicyclic) bond motifs is 2. The van der Waals surface area contributed by atoms with E-state index in [1.807, 2.05) is 32.0 Å². The molecule has 0 radical (unpaired) electrons. The van der Waals surface area contributed by atoms with Gasteiger partial charge in [0, 0.05) is 16.9 Å². The lowest BCUT2D eigenvalue weighted by Crippen LogP contribution is -2.51. The number of thioether (sulfide) groups is 1. The maximum atomic E-state index is 14.1. The number of hydrogen-bond acceptors (Lipinski definition) is 4. The van der Waals surface area contributed by atoms with Crippen LogP contribution in [0, 0.1) is 12.7 Å². The number of benzene rings is 3. The predicted octanol–water partition coefficient (Wildman–Crippen LogP) is 4.61. The smallest absolute Gasteiger partial charge is 0.269 e. The molecule has 178 valence electrons. The molecule has 1 spiro atoms. The molecular weight excluding hydrogens is 465 g/mol. The molecule has 1 atom stereocenters. The average molecular weight is 490 g/mol. The number of hydrogen-bond donors (Lipinski definition) is 1. The highest BCUT2D eigenvalue weighted by atomic mass is 32.2. The van der Waals surface area contributed by atoms with Gasteiger partial charge in [0.1, 0.15) is 12.4 Å². The summed E-state index contributed by atoms with van der Waals surface area (Å²) >= 11 is 1.19. The van der Waals surface area contributed by atoms with Crippen LogP contribution in [0.25, 0.3) is 0 Å². The quantitative estimate of drug-likeness (QED) is 0.568. The maximum absolute atomic E-state index is 14.1. The second-order valence-corrected chi connectivity index (χ2v) is 9.73. The van der Waals surface area contributed by atoms with Gasteiger partial charge in [-0.1, -0.05) is 49.4 Å². The number of aryl methyl sites for hydroxylation is 2. The number of para-hydroxylation sites is 2. The summed E-state index contributed by atoms with van der Waals surface area (Å²) in [5, 5.41) is 2.98. The first-order chi connectivity index (χ1) is 16.9. The Balaban J connectivity index is 1.52. The van der Waals surface area contributed by atoms with Crippen molar-refractivity contribution in [1.82, 2.24) is 0 Å². The van der Waals surface area contributed by atoms with Gasteiger partial charge in [-0.15, -0.1) is 11.8 Å². The normalized spacial score (nSPS) is 18.9. The fourth-order valence-electron chi connectivity index (χ4n) is 4.85. The zero-order valence-electron chi connectivity index (χ0n) is 19.4. The van der Waals surface area contributed by atoms with Gasteiger partial charge in [-0.3, -0.25) is 24.2 Å². The molecule has 0 unspecified atom stereocenters. The van der Waals surface area contributed by atoms with Crippen LogP contribution in [-0.4, -0.2) is 30.0 Å². The highest BCUT2D eigenvalue weighted by Crippen LogP contribution is 2.55. The standard InChI is InChI=1S/C27H24FN3O3S/c1-3-18-9-6-8-17(2)25(18)29-23(32)15-30-22-13-5-4-12-21(22)27(26(30)34)31(24(33)16-35-27)20-11-7-10-19(28)14-20/h4-14H,3,15-16H2,1-2H3,(H,29,32)/t27-/m1/s1. The third kappa shape index (κ3) is 3.69. The number of carbonyl (C=O) groups excluding carboxylic acids is 3. The van der Waals surface area contributed by atoms with Crippen LogP contribution in [0.1, 0.15) is 23.6 Å². The Bertz CT molecular complexity index is 1360. The third-order valence-electron chi connectivity index (χ3n) is 6.44. The number of carbonyl (C=O) groups is 3. The Morgan fingerprint density at radius 1 is 1.09 bits per heavy atom. The summed E-state index contributed by atoms with van der Waals surface area (Å²) in [7, 11) is 0. The van der Waals surface area contributed by atoms with E-state index in [0.29, 0.717) is 16.9 Å². The van der Waals surface area contributed by atoms with Crippen molar-refractivity contribution >= 4 is 46.5 Å². The van der Waals surface area contributed by atoms with Gasteiger partial charge in [-0.25, -0.2) is 4.39 Å². The van der Waals surface area contributed by atoms with E-state index < -0.39 is 16.6 Å². The molecule has 35 heavy (non-hydrogen) atoms. The third-order valence-corrected chi connectivity index (χ3v) is 7.82. The van der Waals surface area contributed by atoms with Crippen molar-refractivity contribution < 1.29 is 18.8 Å². The fourth-order valence-corrected chi connectivity index (χ4v) is 6.21. The van der Waals surface area contributed by atoms with Gasteiger partial charge in [0.25, 0.3) is 5.91 Å². The molecule has 0 aliphatic carbocycles. The molecule has 2 heterocycles. The van der Waals surface area contributed by atoms with Crippen LogP contribution in [0.3, 0.4) is 0 Å². The Kier molecular flexibility index (Phi) is 5.84. The second kappa shape index (κ2) is 8.85. The lowest BCUT2D eigenvalue weighted by Gasteiger charge is -2.33. The molecule has 1 N–H and O–H groups in total. The molecule has 0 saturated carbocycles. The van der Waals surface area contributed by atoms with Crippen molar-refractivity contribution in [2.75, 3.05) is 27.4 Å². The molecule has 2 aliphatic rings. The van der Waals surface area contributed by atoms with Crippen molar-refractivity contribution in [2.24, 2.45) is 0 Å². The molecule has 0 bridgehead atoms. The summed E-state index contributed by atoms with van der Waals surface area (Å²) in [6, 6.07) is 18.7. The number of anilines is 3. The summed E-state index contributed by atoms with van der Waals surface area (Å²) in [4.78, 5) is 41.6. The van der Waals surface area contributed by atoms with Crippen LogP contribution in [0.15, 0.2) is 66.7 Å². The Morgan fingerprint density at radius 2 is 1.86 bits per heavy atom. The fraction of sp³-hybridized carbons (Fsp3) is 0.222. The zero-order chi connectivity index (χ0) is 24.7. The van der Waals surface area contributed by atoms with Gasteiger partial charge in [-0.2, -0.15) is 0 Å². The van der Waals surface area contributed by atoms with Crippen molar-refractivity contribution in [2.45, 2.75) is 25.1 Å². The van der Waals surface area contributed by atoms with Crippen LogP contribution in [0.4, 0.5) is 21.5 Å². The van der Waals surface area contributed by atoms with Gasteiger partial charge < -0.3 is 5.32 Å². The van der Waals surface area contributed by atoms with Crippen LogP contribution in [0.2, 0.25) is 0 Å². The van der Waals surface area contributed by atoms with Gasteiger partial charge in [-0.05, 0) is 48.7 Å². The summed E-state index contributed by atoms with van der Waals surface area (Å²) in [5.74, 6) is -1.44. The molecule has 1 saturated heterocycles. The van der Waals surface area contributed by atoms with Crippen molar-refractivity contribution in [3.05, 3.63) is 89.2 Å². The van der Waals surface area contributed by atoms with E-state index in [0.717, 1.165) is 23.2 Å². The monoisotopic (exact) mass is 489 g/mol. The molecule has 1 fully saturated rings. The molecule has 8 heteroatoms. The zero-order valence-corrected chi connectivity index (χ0v) is 20.2. The topological polar surface area (TPSA) is 69.7 Å². The summed E-state index contributed by atoms with van der Waals surface area (Å²) in [6.45, 7) is 3.74. The minimum atomic E-state index is -1.39. The summed E-state index contributed by atoms with van der Waals surface area (Å²) in [6.07, 6.45) is 0.757. The molecule has 2 aliphatic heterocycles. The Hall–Kier alpha value is -3.65. The lowest BCUT2D eigenvalue weighted by atomic mass is 10.0. The molecule has 3 aromatic rings. The van der Waals surface area contributed by atoms with Crippen molar-refractivity contribution in [3.8, 4) is 0 Å². The van der Waals surface area contributed by atoms with Gasteiger partial charge in [0.05, 0.1) is 11.4 Å². The highest BCUT2D eigenvalue weighted by Gasteiger charge is 2.61. The van der Waals surface area contributed by atoms with Crippen LogP contribution >= 0.6 is 11.8 Å². The van der Waals surface area contributed by atoms with Crippen molar-refractivity contribution in [1.29, 1.82) is 0 Å². The van der Waals surface area contributed by atoms with Crippen LogP contribution in [0.5, 0.6) is 0 Å². The Labute approximate surface area is 207 Å². The molecule has 3 aromatic carbocycles. The summed E-state index contributed by atoms with van der Waals surface area (Å²) in [5.41, 5.74) is 4.19. The van der Waals surface area contributed by atoms with Gasteiger partial charge >= 0.3 is 0 Å². The molecular formula is C27H24FN3O3S. The van der Waals surface area contributed by atoms with E-state index in [2.05, 4.69) is 5.32 Å². The number of amides is 3. The second-order valence-electron chi connectivity index (χ2n) is 8.56. The highest BCUT2D eigenvalue weighted by molar-refractivity contribution is 8.02. The predicted molar refractivity (Wildman–Crippen MR) is 136 cm³/mol. The minimum Gasteiger partial charge on any atom is -0.324 e. The number of halogens is 1. The minimum absolute atomic E-state index is 0.0691. The first kappa shape index (κ1) is 23.1. The van der Waals surface area contributed by atoms with Gasteiger partial charge in [0.2, 0.25) is 16.7 Å². The van der Waals surface area contributed by atoms with Crippen molar-refractivity contribution in [3.63, 3.8) is 0 Å². The van der Waals surface area contributed by atoms with Gasteiger partial charge in [0.15, 0.2) is 0 Å². The largest absolute Gasteiger partial charge is 0.324 e. The molecule has 5 rings (SSSR count). The van der Waals surface area contributed by atoms with E-state index >= 15 is 0 Å². The molecule has 0 aromatic heterocycles.